The van der Waals surface area contributed by atoms with Crippen LogP contribution in [0, 0.1) is 5.41 Å². The maximum absolute atomic E-state index is 13.1. The molecule has 0 bridgehead atoms. The zero-order valence-electron chi connectivity index (χ0n) is 36.0. The van der Waals surface area contributed by atoms with E-state index < -0.39 is 41.6 Å². The van der Waals surface area contributed by atoms with Gasteiger partial charge in [0.15, 0.2) is 6.29 Å². The van der Waals surface area contributed by atoms with Crippen molar-refractivity contribution in [2.75, 3.05) is 95.1 Å². The molecule has 0 saturated carbocycles. The van der Waals surface area contributed by atoms with E-state index in [4.69, 9.17) is 28.4 Å². The molecule has 0 amide bonds. The van der Waals surface area contributed by atoms with Crippen LogP contribution < -0.4 is 14.7 Å². The maximum Gasteiger partial charge on any atom is 0.338 e. The van der Waals surface area contributed by atoms with Gasteiger partial charge in [0.2, 0.25) is 0 Å². The van der Waals surface area contributed by atoms with E-state index in [9.17, 15) is 29.1 Å². The highest BCUT2D eigenvalue weighted by molar-refractivity contribution is 5.91. The van der Waals surface area contributed by atoms with E-state index in [0.717, 1.165) is 17.1 Å². The molecule has 0 heterocycles. The van der Waals surface area contributed by atoms with Gasteiger partial charge in [-0.05, 0) is 100.0 Å². The van der Waals surface area contributed by atoms with E-state index >= 15 is 0 Å². The lowest BCUT2D eigenvalue weighted by Gasteiger charge is -2.32. The minimum absolute atomic E-state index is 0.0550. The largest absolute Gasteiger partial charge is 0.465 e. The Morgan fingerprint density at radius 2 is 0.850 bits per heavy atom. The highest BCUT2D eigenvalue weighted by Crippen LogP contribution is 2.26. The number of carbonyl (C=O) groups excluding carboxylic acids is 5. The van der Waals surface area contributed by atoms with Gasteiger partial charge in [0.25, 0.3) is 0 Å². The number of ether oxygens (including phenoxy) is 6. The first-order valence-electron chi connectivity index (χ1n) is 20.3. The van der Waals surface area contributed by atoms with Crippen molar-refractivity contribution in [3.05, 3.63) is 89.5 Å². The fourth-order valence-electron chi connectivity index (χ4n) is 5.81. The third-order valence-electron chi connectivity index (χ3n) is 9.88. The van der Waals surface area contributed by atoms with Crippen LogP contribution in [0.15, 0.2) is 72.8 Å². The number of hydrogen-bond donors (Lipinski definition) is 1. The van der Waals surface area contributed by atoms with Gasteiger partial charge in [0, 0.05) is 64.3 Å². The van der Waals surface area contributed by atoms with Crippen molar-refractivity contribution in [1.29, 1.82) is 0 Å². The van der Waals surface area contributed by atoms with Crippen molar-refractivity contribution < 1.29 is 57.5 Å². The number of aliphatic hydroxyl groups is 1. The smallest absolute Gasteiger partial charge is 0.338 e. The molecule has 328 valence electrons. The van der Waals surface area contributed by atoms with Gasteiger partial charge in [-0.25, -0.2) is 14.4 Å². The van der Waals surface area contributed by atoms with Gasteiger partial charge in [0.1, 0.15) is 13.2 Å². The first-order chi connectivity index (χ1) is 28.7. The normalized spacial score (nSPS) is 11.5. The van der Waals surface area contributed by atoms with E-state index in [2.05, 4.69) is 0 Å². The molecule has 1 unspecified atom stereocenters. The Kier molecular flexibility index (Phi) is 20.3. The Hall–Kier alpha value is -5.67. The summed E-state index contributed by atoms with van der Waals surface area (Å²) in [6, 6.07) is 20.7. The van der Waals surface area contributed by atoms with E-state index in [-0.39, 0.29) is 58.9 Å². The van der Waals surface area contributed by atoms with Gasteiger partial charge in [-0.3, -0.25) is 9.59 Å². The first-order valence-corrected chi connectivity index (χ1v) is 20.3. The second-order valence-electron chi connectivity index (χ2n) is 14.3. The number of carbonyl (C=O) groups is 5. The fourth-order valence-corrected chi connectivity index (χ4v) is 5.81. The van der Waals surface area contributed by atoms with Crippen molar-refractivity contribution in [3.63, 3.8) is 0 Å². The second-order valence-corrected chi connectivity index (χ2v) is 14.3. The molecule has 0 spiro atoms. The Morgan fingerprint density at radius 3 is 1.17 bits per heavy atom. The molecule has 3 aromatic rings. The van der Waals surface area contributed by atoms with E-state index in [1.807, 2.05) is 42.8 Å². The third-order valence-corrected chi connectivity index (χ3v) is 9.88. The molecule has 15 heteroatoms. The lowest BCUT2D eigenvalue weighted by Crippen LogP contribution is -2.40. The molecule has 0 aromatic heterocycles. The molecule has 0 saturated heterocycles. The molecule has 3 aromatic carbocycles. The lowest BCUT2D eigenvalue weighted by atomic mass is 9.88. The summed E-state index contributed by atoms with van der Waals surface area (Å²) in [6.45, 7) is 8.71. The molecule has 0 aliphatic carbocycles. The number of aliphatic hydroxyl groups excluding tert-OH is 1. The summed E-state index contributed by atoms with van der Waals surface area (Å²) in [7, 11) is 5.50. The van der Waals surface area contributed by atoms with Gasteiger partial charge in [-0.15, -0.1) is 0 Å². The summed E-state index contributed by atoms with van der Waals surface area (Å²) in [6.07, 6.45) is -0.447. The van der Waals surface area contributed by atoms with Crippen LogP contribution in [0.5, 0.6) is 0 Å². The predicted octanol–water partition coefficient (Wildman–Crippen LogP) is 5.91. The summed E-state index contributed by atoms with van der Waals surface area (Å²) < 4.78 is 32.6. The van der Waals surface area contributed by atoms with E-state index in [1.165, 1.54) is 0 Å². The number of anilines is 3. The van der Waals surface area contributed by atoms with Crippen LogP contribution in [0.3, 0.4) is 0 Å². The number of esters is 5. The van der Waals surface area contributed by atoms with E-state index in [1.54, 1.807) is 93.6 Å². The molecule has 0 aliphatic rings. The van der Waals surface area contributed by atoms with Gasteiger partial charge >= 0.3 is 29.8 Å². The number of nitrogens with zero attached hydrogens (tertiary/aromatic N) is 3. The van der Waals surface area contributed by atoms with Gasteiger partial charge in [-0.2, -0.15) is 0 Å². The monoisotopic (exact) mass is 835 g/mol. The van der Waals surface area contributed by atoms with Crippen molar-refractivity contribution in [2.24, 2.45) is 5.41 Å². The summed E-state index contributed by atoms with van der Waals surface area (Å²) in [5.74, 6) is -2.16. The quantitative estimate of drug-likeness (QED) is 0.0575. The fraction of sp³-hybridized carbons (Fsp3) is 0.489. The lowest BCUT2D eigenvalue weighted by molar-refractivity contribution is -0.170. The average Bonchev–Trinajstić information content (AvgIpc) is 3.26. The van der Waals surface area contributed by atoms with Crippen molar-refractivity contribution in [2.45, 2.75) is 59.7 Å². The van der Waals surface area contributed by atoms with Crippen LogP contribution >= 0.6 is 0 Å². The van der Waals surface area contributed by atoms with Crippen LogP contribution in [0.2, 0.25) is 0 Å². The molecule has 1 atom stereocenters. The highest BCUT2D eigenvalue weighted by atomic mass is 16.6. The van der Waals surface area contributed by atoms with Crippen LogP contribution in [0.1, 0.15) is 84.5 Å². The van der Waals surface area contributed by atoms with Crippen LogP contribution in [0.25, 0.3) is 0 Å². The van der Waals surface area contributed by atoms with Crippen molar-refractivity contribution in [3.8, 4) is 0 Å². The molecule has 15 nitrogen and oxygen atoms in total. The highest BCUT2D eigenvalue weighted by Gasteiger charge is 2.34. The van der Waals surface area contributed by atoms with E-state index in [0.29, 0.717) is 42.7 Å². The van der Waals surface area contributed by atoms with Crippen LogP contribution in [0.4, 0.5) is 17.1 Å². The minimum atomic E-state index is -1.18. The Balaban J connectivity index is 1.60. The van der Waals surface area contributed by atoms with Gasteiger partial charge < -0.3 is 48.2 Å². The summed E-state index contributed by atoms with van der Waals surface area (Å²) in [4.78, 5) is 67.8. The zero-order valence-corrected chi connectivity index (χ0v) is 36.0. The number of rotatable bonds is 26. The predicted molar refractivity (Wildman–Crippen MR) is 227 cm³/mol. The second kappa shape index (κ2) is 25.1. The number of benzene rings is 3. The molecule has 60 heavy (non-hydrogen) atoms. The average molecular weight is 836 g/mol. The zero-order chi connectivity index (χ0) is 44.1. The first kappa shape index (κ1) is 48.7. The Bertz CT molecular complexity index is 1710. The van der Waals surface area contributed by atoms with Crippen molar-refractivity contribution >= 4 is 46.9 Å². The van der Waals surface area contributed by atoms with Gasteiger partial charge in [0.05, 0.1) is 61.4 Å². The van der Waals surface area contributed by atoms with Crippen LogP contribution in [-0.2, 0) is 38.0 Å². The SMILES string of the molecule is CCOC(=O)c1ccc(N(C)CCC(=O)OCC(CC)(COC(=O)CCN(C)c2ccc(C(=O)OCC)cc2)COC(O)CCN(C)c2ccc(C(=O)OCC)cc2)cc1. The molecular formula is C45H61N3O12. The topological polar surface area (TPSA) is 171 Å². The standard InChI is InChI=1S/C45H61N3O12/c1-8-45(30-58-39(49)24-27-46(5)36-18-12-33(13-19-36)42(52)55-9-2,31-59-40(50)25-28-47(6)37-20-14-34(15-21-37)43(53)56-10-3)32-60-41(51)26-29-48(7)38-22-16-35(17-23-38)44(54)57-11-4/h12-23,39,49H,8-11,24-32H2,1-7H3. The maximum atomic E-state index is 13.1. The third kappa shape index (κ3) is 15.8. The Morgan fingerprint density at radius 1 is 0.517 bits per heavy atom. The van der Waals surface area contributed by atoms with Crippen LogP contribution in [-0.4, -0.2) is 122 Å². The molecule has 1 N–H and O–H groups in total. The Labute approximate surface area is 353 Å². The molecular weight excluding hydrogens is 775 g/mol. The number of hydrogen-bond acceptors (Lipinski definition) is 15. The molecule has 3 rings (SSSR count). The summed E-state index contributed by atoms with van der Waals surface area (Å²) in [5, 5.41) is 10.9. The molecule has 0 radical (unpaired) electrons. The van der Waals surface area contributed by atoms with Gasteiger partial charge in [-0.1, -0.05) is 6.92 Å². The van der Waals surface area contributed by atoms with Crippen molar-refractivity contribution in [1.82, 2.24) is 0 Å². The summed E-state index contributed by atoms with van der Waals surface area (Å²) in [5.41, 5.74) is 2.76. The summed E-state index contributed by atoms with van der Waals surface area (Å²) >= 11 is 0. The minimum Gasteiger partial charge on any atom is -0.465 e. The molecule has 0 aliphatic heterocycles. The molecule has 0 fully saturated rings.